The first-order chi connectivity index (χ1) is 12.2. The summed E-state index contributed by atoms with van der Waals surface area (Å²) in [5.74, 6) is -1.28. The first-order valence-corrected chi connectivity index (χ1v) is 7.00. The number of amides is 1. The van der Waals surface area contributed by atoms with Crippen molar-refractivity contribution in [2.75, 3.05) is 5.32 Å². The summed E-state index contributed by atoms with van der Waals surface area (Å²) in [5, 5.41) is 16.5. The summed E-state index contributed by atoms with van der Waals surface area (Å²) in [4.78, 5) is 22.4. The van der Waals surface area contributed by atoms with Crippen molar-refractivity contribution < 1.29 is 36.1 Å². The van der Waals surface area contributed by atoms with E-state index in [0.29, 0.717) is 12.1 Å². The maximum atomic E-state index is 12.9. The molecule has 0 fully saturated rings. The van der Waals surface area contributed by atoms with Crippen LogP contribution < -0.4 is 5.32 Å². The molecular weight excluding hydrogens is 386 g/mol. The lowest BCUT2D eigenvalue weighted by atomic mass is 10.1. The van der Waals surface area contributed by atoms with Gasteiger partial charge in [0.25, 0.3) is 5.91 Å². The highest BCUT2D eigenvalue weighted by atomic mass is 19.4. The van der Waals surface area contributed by atoms with Crippen LogP contribution in [0.15, 0.2) is 18.2 Å². The van der Waals surface area contributed by atoms with Crippen LogP contribution in [0.4, 0.5) is 37.7 Å². The number of nitro groups is 1. The Morgan fingerprint density at radius 3 is 2.00 bits per heavy atom. The van der Waals surface area contributed by atoms with Crippen LogP contribution >= 0.6 is 0 Å². The Balaban J connectivity index is 2.52. The molecule has 0 bridgehead atoms. The number of halogens is 6. The fraction of sp³-hybridized carbons (Fsp3) is 0.286. The molecule has 1 amide bonds. The minimum atomic E-state index is -5.10. The Labute approximate surface area is 146 Å². The number of nitrogens with one attached hydrogen (secondary N) is 1. The Bertz CT molecular complexity index is 885. The molecule has 1 heterocycles. The van der Waals surface area contributed by atoms with Crippen molar-refractivity contribution in [1.29, 1.82) is 0 Å². The zero-order valence-electron chi connectivity index (χ0n) is 13.6. The summed E-state index contributed by atoms with van der Waals surface area (Å²) < 4.78 is 77.9. The van der Waals surface area contributed by atoms with E-state index in [1.807, 2.05) is 5.32 Å². The molecule has 2 rings (SSSR count). The molecule has 1 aromatic heterocycles. The fourth-order valence-corrected chi connectivity index (χ4v) is 2.34. The second-order valence-electron chi connectivity index (χ2n) is 5.41. The highest BCUT2D eigenvalue weighted by molar-refractivity contribution is 6.06. The first-order valence-electron chi connectivity index (χ1n) is 7.00. The zero-order valence-corrected chi connectivity index (χ0v) is 13.6. The number of alkyl halides is 6. The normalized spacial score (nSPS) is 12.1. The maximum Gasteiger partial charge on any atom is 0.416 e. The molecule has 0 radical (unpaired) electrons. The van der Waals surface area contributed by atoms with Crippen LogP contribution in [0.1, 0.15) is 27.3 Å². The summed E-state index contributed by atoms with van der Waals surface area (Å²) in [7, 11) is 1.17. The fourth-order valence-electron chi connectivity index (χ4n) is 2.34. The first kappa shape index (κ1) is 20.2. The molecule has 13 heteroatoms. The molecular formula is C14H10F6N4O3. The van der Waals surface area contributed by atoms with E-state index in [-0.39, 0.29) is 11.8 Å². The molecule has 1 N–H and O–H groups in total. The average molecular weight is 396 g/mol. The van der Waals surface area contributed by atoms with Crippen LogP contribution in [0.2, 0.25) is 0 Å². The Morgan fingerprint density at radius 1 is 1.11 bits per heavy atom. The molecule has 146 valence electrons. The van der Waals surface area contributed by atoms with Crippen molar-refractivity contribution in [3.05, 3.63) is 50.8 Å². The molecule has 0 aliphatic heterocycles. The van der Waals surface area contributed by atoms with E-state index < -0.39 is 51.4 Å². The predicted octanol–water partition coefficient (Wildman–Crippen LogP) is 3.93. The van der Waals surface area contributed by atoms with E-state index in [0.717, 1.165) is 4.68 Å². The van der Waals surface area contributed by atoms with E-state index in [2.05, 4.69) is 5.10 Å². The van der Waals surface area contributed by atoms with Gasteiger partial charge in [0, 0.05) is 12.7 Å². The number of nitrogens with zero attached hydrogens (tertiary/aromatic N) is 3. The Hall–Kier alpha value is -3.12. The maximum absolute atomic E-state index is 12.9. The van der Waals surface area contributed by atoms with Crippen LogP contribution in [-0.4, -0.2) is 20.6 Å². The minimum Gasteiger partial charge on any atom is -0.320 e. The largest absolute Gasteiger partial charge is 0.416 e. The van der Waals surface area contributed by atoms with Gasteiger partial charge < -0.3 is 5.32 Å². The van der Waals surface area contributed by atoms with Crippen molar-refractivity contribution in [3.8, 4) is 0 Å². The number of rotatable bonds is 3. The highest BCUT2D eigenvalue weighted by Crippen LogP contribution is 2.37. The molecule has 1 aromatic carbocycles. The third-order valence-electron chi connectivity index (χ3n) is 3.43. The van der Waals surface area contributed by atoms with E-state index in [1.165, 1.54) is 14.0 Å². The van der Waals surface area contributed by atoms with Gasteiger partial charge in [0.2, 0.25) is 5.69 Å². The summed E-state index contributed by atoms with van der Waals surface area (Å²) in [6.07, 6.45) is -10.2. The number of aromatic nitrogens is 2. The molecule has 0 saturated carbocycles. The van der Waals surface area contributed by atoms with Gasteiger partial charge in [-0.05, 0) is 25.1 Å². The van der Waals surface area contributed by atoms with E-state index in [4.69, 9.17) is 0 Å². The van der Waals surface area contributed by atoms with Gasteiger partial charge in [0.05, 0.1) is 16.1 Å². The van der Waals surface area contributed by atoms with Gasteiger partial charge in [-0.3, -0.25) is 19.6 Å². The second kappa shape index (κ2) is 6.55. The zero-order chi connectivity index (χ0) is 20.7. The smallest absolute Gasteiger partial charge is 0.320 e. The topological polar surface area (TPSA) is 90.1 Å². The predicted molar refractivity (Wildman–Crippen MR) is 79.0 cm³/mol. The lowest BCUT2D eigenvalue weighted by Crippen LogP contribution is -2.19. The van der Waals surface area contributed by atoms with Crippen molar-refractivity contribution in [2.24, 2.45) is 7.05 Å². The molecule has 0 saturated heterocycles. The molecule has 0 spiro atoms. The van der Waals surface area contributed by atoms with Gasteiger partial charge >= 0.3 is 18.0 Å². The lowest BCUT2D eigenvalue weighted by molar-refractivity contribution is -0.385. The van der Waals surface area contributed by atoms with Crippen molar-refractivity contribution in [1.82, 2.24) is 9.78 Å². The molecule has 0 aliphatic rings. The summed E-state index contributed by atoms with van der Waals surface area (Å²) in [6.45, 7) is 1.22. The van der Waals surface area contributed by atoms with E-state index in [9.17, 15) is 41.3 Å². The van der Waals surface area contributed by atoms with Crippen LogP contribution in [0, 0.1) is 17.0 Å². The monoisotopic (exact) mass is 396 g/mol. The number of aryl methyl sites for hydroxylation is 2. The molecule has 7 nitrogen and oxygen atoms in total. The number of hydrogen-bond acceptors (Lipinski definition) is 4. The van der Waals surface area contributed by atoms with Crippen LogP contribution in [0.5, 0.6) is 0 Å². The third-order valence-corrected chi connectivity index (χ3v) is 3.43. The van der Waals surface area contributed by atoms with Crippen molar-refractivity contribution in [3.63, 3.8) is 0 Å². The quantitative estimate of drug-likeness (QED) is 0.484. The lowest BCUT2D eigenvalue weighted by Gasteiger charge is -2.14. The van der Waals surface area contributed by atoms with Crippen LogP contribution in [-0.2, 0) is 19.4 Å². The molecule has 2 aromatic rings. The minimum absolute atomic E-state index is 0.105. The van der Waals surface area contributed by atoms with Crippen LogP contribution in [0.3, 0.4) is 0 Å². The highest BCUT2D eigenvalue weighted by Gasteiger charge is 2.37. The molecule has 0 atom stereocenters. The Kier molecular flexibility index (Phi) is 4.90. The van der Waals surface area contributed by atoms with Gasteiger partial charge in [-0.2, -0.15) is 31.4 Å². The van der Waals surface area contributed by atoms with Crippen molar-refractivity contribution in [2.45, 2.75) is 19.3 Å². The van der Waals surface area contributed by atoms with Gasteiger partial charge in [-0.15, -0.1) is 0 Å². The number of hydrogen-bond donors (Lipinski definition) is 1. The van der Waals surface area contributed by atoms with E-state index in [1.54, 1.807) is 0 Å². The summed E-state index contributed by atoms with van der Waals surface area (Å²) in [6, 6.07) is 0.483. The molecule has 0 aliphatic carbocycles. The van der Waals surface area contributed by atoms with Crippen LogP contribution in [0.25, 0.3) is 0 Å². The number of anilines is 1. The number of benzene rings is 1. The van der Waals surface area contributed by atoms with E-state index >= 15 is 0 Å². The van der Waals surface area contributed by atoms with Gasteiger partial charge in [-0.1, -0.05) is 0 Å². The Morgan fingerprint density at radius 2 is 1.59 bits per heavy atom. The van der Waals surface area contributed by atoms with Gasteiger partial charge in [-0.25, -0.2) is 0 Å². The standard InChI is InChI=1S/C14H10F6N4O3/c1-6-10(24(26)27)11(23(2)22-6)12(25)21-9-4-7(13(15,16)17)3-8(5-9)14(18,19)20/h3-5H,1-2H3,(H,21,25). The average Bonchev–Trinajstić information content (AvgIpc) is 2.79. The third kappa shape index (κ3) is 4.17. The number of carbonyl (C=O) groups is 1. The number of carbonyl (C=O) groups excluding carboxylic acids is 1. The summed E-state index contributed by atoms with van der Waals surface area (Å²) >= 11 is 0. The van der Waals surface area contributed by atoms with Crippen molar-refractivity contribution >= 4 is 17.3 Å². The molecule has 0 unspecified atom stereocenters. The molecule has 27 heavy (non-hydrogen) atoms. The SMILES string of the molecule is Cc1nn(C)c(C(=O)Nc2cc(C(F)(F)F)cc(C(F)(F)F)c2)c1[N+](=O)[O-]. The van der Waals surface area contributed by atoms with Gasteiger partial charge in [0.15, 0.2) is 0 Å². The second-order valence-corrected chi connectivity index (χ2v) is 5.41. The van der Waals surface area contributed by atoms with Gasteiger partial charge in [0.1, 0.15) is 5.69 Å². The summed E-state index contributed by atoms with van der Waals surface area (Å²) in [5.41, 5.74) is -5.57.